The van der Waals surface area contributed by atoms with Crippen LogP contribution in [0.25, 0.3) is 0 Å². The van der Waals surface area contributed by atoms with E-state index in [1.807, 2.05) is 0 Å². The molecule has 2 fully saturated rings. The first-order chi connectivity index (χ1) is 16.7. The van der Waals surface area contributed by atoms with E-state index in [9.17, 15) is 10.5 Å². The van der Waals surface area contributed by atoms with E-state index in [-0.39, 0.29) is 0 Å². The molecule has 208 valence electrons. The standard InChI is InChI=1S/C31H60O4/c1-7-11-15-28(16-12-8-2)19-23-30(34-32,24-20-28)27(5,6)31(35-33)25-21-29(22-26-31,17-13-9-3)18-14-10-4/h32-33H,7-26H2,1-6H3. The van der Waals surface area contributed by atoms with Gasteiger partial charge in [0, 0.05) is 5.41 Å². The predicted octanol–water partition coefficient (Wildman–Crippen LogP) is 10.4. The normalized spacial score (nSPS) is 23.3. The summed E-state index contributed by atoms with van der Waals surface area (Å²) in [4.78, 5) is 11.0. The zero-order valence-electron chi connectivity index (χ0n) is 24.4. The Morgan fingerprint density at radius 1 is 0.514 bits per heavy atom. The third kappa shape index (κ3) is 6.65. The summed E-state index contributed by atoms with van der Waals surface area (Å²) >= 11 is 0. The van der Waals surface area contributed by atoms with Crippen molar-refractivity contribution in [3.05, 3.63) is 0 Å². The lowest BCUT2D eigenvalue weighted by Gasteiger charge is -2.60. The Labute approximate surface area is 217 Å². The second-order valence-corrected chi connectivity index (χ2v) is 13.2. The van der Waals surface area contributed by atoms with Crippen molar-refractivity contribution in [3.63, 3.8) is 0 Å². The van der Waals surface area contributed by atoms with E-state index >= 15 is 0 Å². The van der Waals surface area contributed by atoms with Crippen LogP contribution in [0.4, 0.5) is 0 Å². The van der Waals surface area contributed by atoms with Crippen molar-refractivity contribution < 1.29 is 20.3 Å². The molecule has 2 rings (SSSR count). The van der Waals surface area contributed by atoms with Gasteiger partial charge in [0.05, 0.1) is 0 Å². The Hall–Kier alpha value is -0.160. The Bertz CT molecular complexity index is 513. The SMILES string of the molecule is CCCCC1(CCCC)CCC(OO)(C(C)(C)C2(OO)CCC(CCCC)(CCCC)CC2)CC1. The van der Waals surface area contributed by atoms with E-state index in [2.05, 4.69) is 41.5 Å². The van der Waals surface area contributed by atoms with Crippen LogP contribution in [0.3, 0.4) is 0 Å². The van der Waals surface area contributed by atoms with E-state index in [0.717, 1.165) is 51.4 Å². The van der Waals surface area contributed by atoms with Gasteiger partial charge in [-0.15, -0.1) is 0 Å². The molecule has 0 aromatic rings. The first-order valence-corrected chi connectivity index (χ1v) is 15.3. The molecule has 0 heterocycles. The molecule has 0 radical (unpaired) electrons. The van der Waals surface area contributed by atoms with Crippen LogP contribution in [0.15, 0.2) is 0 Å². The highest BCUT2D eigenvalue weighted by Crippen LogP contribution is 2.62. The van der Waals surface area contributed by atoms with E-state index in [4.69, 9.17) is 9.78 Å². The summed E-state index contributed by atoms with van der Waals surface area (Å²) in [6, 6.07) is 0. The van der Waals surface area contributed by atoms with Gasteiger partial charge in [-0.25, -0.2) is 9.78 Å². The summed E-state index contributed by atoms with van der Waals surface area (Å²) in [5.41, 5.74) is -1.10. The molecule has 2 aliphatic carbocycles. The molecule has 0 atom stereocenters. The van der Waals surface area contributed by atoms with Crippen LogP contribution >= 0.6 is 0 Å². The Morgan fingerprint density at radius 3 is 0.971 bits per heavy atom. The fraction of sp³-hybridized carbons (Fsp3) is 1.00. The maximum atomic E-state index is 10.4. The smallest absolute Gasteiger partial charge is 0.111 e. The van der Waals surface area contributed by atoms with Gasteiger partial charge < -0.3 is 0 Å². The van der Waals surface area contributed by atoms with Gasteiger partial charge in [-0.1, -0.05) is 92.9 Å². The van der Waals surface area contributed by atoms with Gasteiger partial charge in [0.25, 0.3) is 0 Å². The number of rotatable bonds is 16. The van der Waals surface area contributed by atoms with E-state index < -0.39 is 16.6 Å². The monoisotopic (exact) mass is 496 g/mol. The number of hydrogen-bond acceptors (Lipinski definition) is 4. The van der Waals surface area contributed by atoms with Crippen LogP contribution < -0.4 is 0 Å². The molecule has 2 saturated carbocycles. The van der Waals surface area contributed by atoms with Crippen molar-refractivity contribution in [1.82, 2.24) is 0 Å². The van der Waals surface area contributed by atoms with E-state index in [0.29, 0.717) is 10.8 Å². The third-order valence-corrected chi connectivity index (χ3v) is 11.1. The predicted molar refractivity (Wildman–Crippen MR) is 147 cm³/mol. The van der Waals surface area contributed by atoms with Gasteiger partial charge in [-0.3, -0.25) is 10.5 Å². The topological polar surface area (TPSA) is 58.9 Å². The highest BCUT2D eigenvalue weighted by molar-refractivity contribution is 5.12. The summed E-state index contributed by atoms with van der Waals surface area (Å²) in [6.07, 6.45) is 22.9. The second kappa shape index (κ2) is 13.6. The van der Waals surface area contributed by atoms with Crippen molar-refractivity contribution in [2.45, 2.75) is 181 Å². The van der Waals surface area contributed by atoms with Crippen LogP contribution in [-0.2, 0) is 9.78 Å². The minimum atomic E-state index is -0.676. The molecule has 2 aliphatic rings. The maximum Gasteiger partial charge on any atom is 0.111 e. The minimum absolute atomic E-state index is 0.374. The Morgan fingerprint density at radius 2 is 0.771 bits per heavy atom. The average molecular weight is 497 g/mol. The first-order valence-electron chi connectivity index (χ1n) is 15.3. The van der Waals surface area contributed by atoms with Crippen LogP contribution in [0, 0.1) is 16.2 Å². The van der Waals surface area contributed by atoms with Crippen molar-refractivity contribution in [1.29, 1.82) is 0 Å². The fourth-order valence-corrected chi connectivity index (χ4v) is 7.90. The highest BCUT2D eigenvalue weighted by Gasteiger charge is 2.63. The minimum Gasteiger partial charge on any atom is -0.251 e. The summed E-state index contributed by atoms with van der Waals surface area (Å²) in [6.45, 7) is 13.5. The second-order valence-electron chi connectivity index (χ2n) is 13.2. The number of hydrogen-bond donors (Lipinski definition) is 2. The fourth-order valence-electron chi connectivity index (χ4n) is 7.90. The largest absolute Gasteiger partial charge is 0.251 e. The zero-order valence-corrected chi connectivity index (χ0v) is 24.4. The number of unbranched alkanes of at least 4 members (excludes halogenated alkanes) is 4. The van der Waals surface area contributed by atoms with Gasteiger partial charge in [-0.2, -0.15) is 0 Å². The molecule has 0 saturated heterocycles. The Balaban J connectivity index is 2.24. The maximum absolute atomic E-state index is 10.4. The van der Waals surface area contributed by atoms with Crippen molar-refractivity contribution >= 4 is 0 Å². The first kappa shape index (κ1) is 31.1. The van der Waals surface area contributed by atoms with Crippen LogP contribution in [-0.4, -0.2) is 21.7 Å². The quantitative estimate of drug-likeness (QED) is 0.165. The average Bonchev–Trinajstić information content (AvgIpc) is 2.89. The molecule has 0 aromatic heterocycles. The molecule has 35 heavy (non-hydrogen) atoms. The molecule has 0 bridgehead atoms. The molecular weight excluding hydrogens is 436 g/mol. The molecule has 0 aliphatic heterocycles. The van der Waals surface area contributed by atoms with E-state index in [1.165, 1.54) is 77.0 Å². The van der Waals surface area contributed by atoms with Gasteiger partial charge in [-0.05, 0) is 87.9 Å². The van der Waals surface area contributed by atoms with E-state index in [1.54, 1.807) is 0 Å². The summed E-state index contributed by atoms with van der Waals surface area (Å²) in [5, 5.41) is 20.9. The molecule has 0 amide bonds. The molecular formula is C31H60O4. The lowest BCUT2D eigenvalue weighted by molar-refractivity contribution is -0.424. The summed E-state index contributed by atoms with van der Waals surface area (Å²) in [5.74, 6) is 0. The molecule has 0 aromatic carbocycles. The molecule has 0 spiro atoms. The molecule has 4 heteroatoms. The van der Waals surface area contributed by atoms with Crippen molar-refractivity contribution in [3.8, 4) is 0 Å². The Kier molecular flexibility index (Phi) is 12.1. The highest BCUT2D eigenvalue weighted by atomic mass is 17.1. The van der Waals surface area contributed by atoms with Crippen molar-refractivity contribution in [2.75, 3.05) is 0 Å². The summed E-state index contributed by atoms with van der Waals surface area (Å²) in [7, 11) is 0. The lowest BCUT2D eigenvalue weighted by Crippen LogP contribution is -2.63. The van der Waals surface area contributed by atoms with Gasteiger partial charge >= 0.3 is 0 Å². The van der Waals surface area contributed by atoms with Gasteiger partial charge in [0.15, 0.2) is 0 Å². The molecule has 4 nitrogen and oxygen atoms in total. The van der Waals surface area contributed by atoms with Crippen LogP contribution in [0.2, 0.25) is 0 Å². The van der Waals surface area contributed by atoms with Gasteiger partial charge in [0.1, 0.15) is 11.2 Å². The van der Waals surface area contributed by atoms with Crippen LogP contribution in [0.1, 0.15) is 170 Å². The lowest BCUT2D eigenvalue weighted by atomic mass is 9.50. The molecule has 2 N–H and O–H groups in total. The zero-order chi connectivity index (χ0) is 26.1. The van der Waals surface area contributed by atoms with Crippen LogP contribution in [0.5, 0.6) is 0 Å². The van der Waals surface area contributed by atoms with Gasteiger partial charge in [0.2, 0.25) is 0 Å². The molecule has 0 unspecified atom stereocenters. The third-order valence-electron chi connectivity index (χ3n) is 11.1. The summed E-state index contributed by atoms with van der Waals surface area (Å²) < 4.78 is 0. The van der Waals surface area contributed by atoms with Crippen molar-refractivity contribution in [2.24, 2.45) is 16.2 Å².